The summed E-state index contributed by atoms with van der Waals surface area (Å²) in [4.78, 5) is 11.7. The highest BCUT2D eigenvalue weighted by Gasteiger charge is 1.98. The summed E-state index contributed by atoms with van der Waals surface area (Å²) in [5.41, 5.74) is 0.869. The molecule has 1 rings (SSSR count). The van der Waals surface area contributed by atoms with Gasteiger partial charge in [0, 0.05) is 6.08 Å². The molecule has 1 N–H and O–H groups in total. The van der Waals surface area contributed by atoms with Crippen LogP contribution in [0.4, 0.5) is 0 Å². The quantitative estimate of drug-likeness (QED) is 0.107. The fourth-order valence-corrected chi connectivity index (χ4v) is 4.15. The number of ether oxygens (including phenoxy) is 1. The van der Waals surface area contributed by atoms with Gasteiger partial charge in [-0.1, -0.05) is 135 Å². The molecule has 0 aromatic heterocycles. The summed E-state index contributed by atoms with van der Waals surface area (Å²) in [7, 11) is 0. The van der Waals surface area contributed by atoms with E-state index in [0.717, 1.165) is 18.4 Å². The van der Waals surface area contributed by atoms with E-state index in [1.165, 1.54) is 115 Å². The zero-order valence-corrected chi connectivity index (χ0v) is 21.4. The summed E-state index contributed by atoms with van der Waals surface area (Å²) in [6, 6.07) is 6.72. The molecule has 0 heterocycles. The molecule has 0 atom stereocenters. The number of hydrogen-bond donors (Lipinski definition) is 1. The van der Waals surface area contributed by atoms with Crippen LogP contribution in [0.15, 0.2) is 30.3 Å². The first-order chi connectivity index (χ1) is 16.2. The van der Waals surface area contributed by atoms with Crippen molar-refractivity contribution in [2.75, 3.05) is 6.61 Å². The predicted molar refractivity (Wildman–Crippen MR) is 141 cm³/mol. The van der Waals surface area contributed by atoms with Gasteiger partial charge in [0.2, 0.25) is 0 Å². The molecule has 0 saturated carbocycles. The molecule has 0 radical (unpaired) electrons. The van der Waals surface area contributed by atoms with Crippen LogP contribution >= 0.6 is 0 Å². The van der Waals surface area contributed by atoms with Crippen molar-refractivity contribution in [2.45, 2.75) is 129 Å². The number of rotatable bonds is 22. The lowest BCUT2D eigenvalue weighted by atomic mass is 10.0. The summed E-state index contributed by atoms with van der Waals surface area (Å²) >= 11 is 0. The molecule has 0 saturated heterocycles. The first-order valence-electron chi connectivity index (χ1n) is 13.9. The number of unbranched alkanes of at least 4 members (excludes halogenated alkanes) is 18. The Hall–Kier alpha value is -1.77. The topological polar surface area (TPSA) is 46.5 Å². The maximum absolute atomic E-state index is 11.7. The molecule has 188 valence electrons. The standard InChI is InChI=1S/C30H50O3/c1-2-3-4-5-6-7-8-9-10-11-12-13-14-15-16-17-18-19-20-27-33-30(32)26-23-28-21-24-29(31)25-22-28/h21-26,31H,2-20,27H2,1H3. The molecule has 0 spiro atoms. The molecule has 0 unspecified atom stereocenters. The third-order valence-electron chi connectivity index (χ3n) is 6.30. The number of carbonyl (C=O) groups is 1. The van der Waals surface area contributed by atoms with E-state index < -0.39 is 0 Å². The van der Waals surface area contributed by atoms with Gasteiger partial charge in [-0.15, -0.1) is 0 Å². The van der Waals surface area contributed by atoms with Crippen LogP contribution in [0.25, 0.3) is 6.08 Å². The predicted octanol–water partition coefficient (Wildman–Crippen LogP) is 9.38. The van der Waals surface area contributed by atoms with E-state index >= 15 is 0 Å². The van der Waals surface area contributed by atoms with E-state index in [0.29, 0.717) is 6.61 Å². The Morgan fingerprint density at radius 1 is 0.667 bits per heavy atom. The molecular formula is C30H50O3. The molecule has 3 nitrogen and oxygen atoms in total. The lowest BCUT2D eigenvalue weighted by Crippen LogP contribution is -2.02. The summed E-state index contributed by atoms with van der Waals surface area (Å²) in [6.07, 6.45) is 29.0. The van der Waals surface area contributed by atoms with E-state index in [-0.39, 0.29) is 11.7 Å². The lowest BCUT2D eigenvalue weighted by Gasteiger charge is -2.04. The van der Waals surface area contributed by atoms with Gasteiger partial charge in [0.15, 0.2) is 0 Å². The van der Waals surface area contributed by atoms with Gasteiger partial charge in [-0.25, -0.2) is 4.79 Å². The van der Waals surface area contributed by atoms with Crippen molar-refractivity contribution in [3.63, 3.8) is 0 Å². The Balaban J connectivity index is 1.76. The van der Waals surface area contributed by atoms with Gasteiger partial charge in [-0.2, -0.15) is 0 Å². The summed E-state index contributed by atoms with van der Waals surface area (Å²) < 4.78 is 5.25. The fraction of sp³-hybridized carbons (Fsp3) is 0.700. The Bertz CT molecular complexity index is 591. The molecule has 1 aromatic carbocycles. The normalized spacial score (nSPS) is 11.3. The third kappa shape index (κ3) is 19.4. The molecule has 33 heavy (non-hydrogen) atoms. The van der Waals surface area contributed by atoms with Crippen molar-refractivity contribution < 1.29 is 14.6 Å². The Morgan fingerprint density at radius 2 is 1.06 bits per heavy atom. The van der Waals surface area contributed by atoms with Crippen molar-refractivity contribution in [2.24, 2.45) is 0 Å². The SMILES string of the molecule is CCCCCCCCCCCCCCCCCCCCCOC(=O)C=Cc1ccc(O)cc1. The van der Waals surface area contributed by atoms with Crippen LogP contribution in [-0.4, -0.2) is 17.7 Å². The highest BCUT2D eigenvalue weighted by molar-refractivity contribution is 5.87. The second-order valence-corrected chi connectivity index (χ2v) is 9.46. The van der Waals surface area contributed by atoms with Crippen LogP contribution in [-0.2, 0) is 9.53 Å². The molecule has 0 aliphatic carbocycles. The number of aromatic hydroxyl groups is 1. The summed E-state index contributed by atoms with van der Waals surface area (Å²) in [5, 5.41) is 9.25. The van der Waals surface area contributed by atoms with Gasteiger partial charge in [0.05, 0.1) is 6.61 Å². The first-order valence-corrected chi connectivity index (χ1v) is 13.9. The minimum atomic E-state index is -0.300. The van der Waals surface area contributed by atoms with Gasteiger partial charge in [-0.3, -0.25) is 0 Å². The van der Waals surface area contributed by atoms with E-state index in [1.54, 1.807) is 30.3 Å². The largest absolute Gasteiger partial charge is 0.508 e. The molecular weight excluding hydrogens is 408 g/mol. The summed E-state index contributed by atoms with van der Waals surface area (Å²) in [6.45, 7) is 2.78. The van der Waals surface area contributed by atoms with Crippen molar-refractivity contribution in [1.82, 2.24) is 0 Å². The van der Waals surface area contributed by atoms with E-state index in [4.69, 9.17) is 4.74 Å². The van der Waals surface area contributed by atoms with Crippen molar-refractivity contribution in [1.29, 1.82) is 0 Å². The first kappa shape index (κ1) is 29.3. The highest BCUT2D eigenvalue weighted by Crippen LogP contribution is 2.15. The minimum Gasteiger partial charge on any atom is -0.508 e. The van der Waals surface area contributed by atoms with E-state index in [2.05, 4.69) is 6.92 Å². The van der Waals surface area contributed by atoms with Gasteiger partial charge in [0.25, 0.3) is 0 Å². The number of phenols is 1. The average molecular weight is 459 g/mol. The van der Waals surface area contributed by atoms with Gasteiger partial charge in [-0.05, 0) is 30.2 Å². The van der Waals surface area contributed by atoms with Crippen LogP contribution in [0.1, 0.15) is 134 Å². The molecule has 0 bridgehead atoms. The number of hydrogen-bond acceptors (Lipinski definition) is 3. The monoisotopic (exact) mass is 458 g/mol. The third-order valence-corrected chi connectivity index (χ3v) is 6.30. The Morgan fingerprint density at radius 3 is 1.48 bits per heavy atom. The molecule has 3 heteroatoms. The smallest absolute Gasteiger partial charge is 0.330 e. The highest BCUT2D eigenvalue weighted by atomic mass is 16.5. The second kappa shape index (κ2) is 22.0. The summed E-state index contributed by atoms with van der Waals surface area (Å²) in [5.74, 6) is -0.0791. The van der Waals surface area contributed by atoms with E-state index in [1.807, 2.05) is 0 Å². The number of benzene rings is 1. The van der Waals surface area contributed by atoms with Gasteiger partial charge >= 0.3 is 5.97 Å². The van der Waals surface area contributed by atoms with Crippen LogP contribution in [0.3, 0.4) is 0 Å². The number of esters is 1. The fourth-order valence-electron chi connectivity index (χ4n) is 4.15. The van der Waals surface area contributed by atoms with Crippen LogP contribution in [0, 0.1) is 0 Å². The van der Waals surface area contributed by atoms with Crippen LogP contribution in [0.2, 0.25) is 0 Å². The maximum Gasteiger partial charge on any atom is 0.330 e. The molecule has 0 aliphatic heterocycles. The van der Waals surface area contributed by atoms with Gasteiger partial charge in [0.1, 0.15) is 5.75 Å². The van der Waals surface area contributed by atoms with Crippen LogP contribution in [0.5, 0.6) is 5.75 Å². The Labute approximate surface area is 204 Å². The van der Waals surface area contributed by atoms with E-state index in [9.17, 15) is 9.90 Å². The van der Waals surface area contributed by atoms with Crippen molar-refractivity contribution in [3.8, 4) is 5.75 Å². The van der Waals surface area contributed by atoms with Crippen molar-refractivity contribution in [3.05, 3.63) is 35.9 Å². The Kier molecular flexibility index (Phi) is 19.5. The average Bonchev–Trinajstić information content (AvgIpc) is 2.82. The zero-order chi connectivity index (χ0) is 23.8. The number of carbonyl (C=O) groups excluding carboxylic acids is 1. The molecule has 0 aliphatic rings. The number of phenolic OH excluding ortho intramolecular Hbond substituents is 1. The van der Waals surface area contributed by atoms with Gasteiger partial charge < -0.3 is 9.84 Å². The lowest BCUT2D eigenvalue weighted by molar-refractivity contribution is -0.137. The molecule has 0 fully saturated rings. The minimum absolute atomic E-state index is 0.221. The molecule has 1 aromatic rings. The maximum atomic E-state index is 11.7. The molecule has 0 amide bonds. The zero-order valence-electron chi connectivity index (χ0n) is 21.4. The van der Waals surface area contributed by atoms with Crippen LogP contribution < -0.4 is 0 Å². The second-order valence-electron chi connectivity index (χ2n) is 9.46. The van der Waals surface area contributed by atoms with Crippen molar-refractivity contribution >= 4 is 12.0 Å².